The highest BCUT2D eigenvalue weighted by Gasteiger charge is 2.10. The van der Waals surface area contributed by atoms with Gasteiger partial charge in [-0.3, -0.25) is 9.59 Å². The largest absolute Gasteiger partial charge is 0.385 e. The summed E-state index contributed by atoms with van der Waals surface area (Å²) in [6.07, 6.45) is 1.06. The molecule has 0 aliphatic carbocycles. The molecule has 0 aromatic rings. The minimum Gasteiger partial charge on any atom is -0.385 e. The van der Waals surface area contributed by atoms with Gasteiger partial charge in [0.25, 0.3) is 0 Å². The van der Waals surface area contributed by atoms with Crippen LogP contribution in [0.3, 0.4) is 0 Å². The van der Waals surface area contributed by atoms with Crippen molar-refractivity contribution in [3.05, 3.63) is 37.2 Å². The van der Waals surface area contributed by atoms with Gasteiger partial charge in [0.05, 0.1) is 11.4 Å². The molecule has 0 spiro atoms. The van der Waals surface area contributed by atoms with E-state index < -0.39 is 11.7 Å². The monoisotopic (exact) mass is 180 g/mol. The third-order valence-electron chi connectivity index (χ3n) is 1.31. The minimum absolute atomic E-state index is 0.0238. The summed E-state index contributed by atoms with van der Waals surface area (Å²) >= 11 is 0. The molecule has 0 aromatic heterocycles. The molecular formula is C9H12N2O2. The van der Waals surface area contributed by atoms with E-state index >= 15 is 0 Å². The fraction of sp³-hybridized carbons (Fsp3) is 0.111. The van der Waals surface area contributed by atoms with Gasteiger partial charge in [-0.15, -0.1) is 0 Å². The number of ketones is 1. The molecule has 0 bridgehead atoms. The second-order valence-corrected chi connectivity index (χ2v) is 2.23. The molecule has 0 aromatic carbocycles. The summed E-state index contributed by atoms with van der Waals surface area (Å²) in [4.78, 5) is 22.0. The summed E-state index contributed by atoms with van der Waals surface area (Å²) in [6, 6.07) is 0. The molecule has 0 fully saturated rings. The van der Waals surface area contributed by atoms with Gasteiger partial charge in [0.1, 0.15) is 0 Å². The van der Waals surface area contributed by atoms with Crippen molar-refractivity contribution in [3.63, 3.8) is 0 Å². The van der Waals surface area contributed by atoms with Crippen LogP contribution in [0.15, 0.2) is 37.2 Å². The van der Waals surface area contributed by atoms with Crippen molar-refractivity contribution in [2.24, 2.45) is 0 Å². The molecule has 0 atom stereocenters. The van der Waals surface area contributed by atoms with Crippen molar-refractivity contribution in [2.45, 2.75) is 0 Å². The van der Waals surface area contributed by atoms with Gasteiger partial charge in [-0.05, 0) is 6.08 Å². The fourth-order valence-electron chi connectivity index (χ4n) is 0.552. The molecule has 0 saturated heterocycles. The summed E-state index contributed by atoms with van der Waals surface area (Å²) in [5.74, 6) is -0.903. The molecular weight excluding hydrogens is 168 g/mol. The van der Waals surface area contributed by atoms with Crippen LogP contribution in [0.5, 0.6) is 0 Å². The highest BCUT2D eigenvalue weighted by molar-refractivity contribution is 6.09. The Bertz CT molecular complexity index is 279. The fourth-order valence-corrected chi connectivity index (χ4v) is 0.552. The van der Waals surface area contributed by atoms with Crippen molar-refractivity contribution < 1.29 is 9.59 Å². The first kappa shape index (κ1) is 11.2. The van der Waals surface area contributed by atoms with Gasteiger partial charge in [-0.25, -0.2) is 0 Å². The maximum absolute atomic E-state index is 11.2. The van der Waals surface area contributed by atoms with Crippen LogP contribution in [-0.2, 0) is 9.59 Å². The quantitative estimate of drug-likeness (QED) is 0.590. The number of hydrogen-bond donors (Lipinski definition) is 2. The van der Waals surface area contributed by atoms with Crippen molar-refractivity contribution in [1.82, 2.24) is 10.6 Å². The standard InChI is InChI=1S/C9H12N2O2/c1-5-8(12)11-7(3)9(13)6(2)10-4/h5,10H,1-3H2,4H3,(H,11,12). The number of Topliss-reactive ketones (excluding diaryl/α,β-unsaturated/α-hetero) is 1. The molecule has 13 heavy (non-hydrogen) atoms. The van der Waals surface area contributed by atoms with E-state index in [9.17, 15) is 9.59 Å². The third-order valence-corrected chi connectivity index (χ3v) is 1.31. The predicted molar refractivity (Wildman–Crippen MR) is 50.7 cm³/mol. The molecule has 0 aliphatic heterocycles. The number of carbonyl (C=O) groups is 2. The Kier molecular flexibility index (Phi) is 4.23. The van der Waals surface area contributed by atoms with Crippen LogP contribution in [-0.4, -0.2) is 18.7 Å². The maximum atomic E-state index is 11.2. The summed E-state index contributed by atoms with van der Waals surface area (Å²) in [5.41, 5.74) is 0.151. The third kappa shape index (κ3) is 3.37. The molecule has 0 radical (unpaired) electrons. The van der Waals surface area contributed by atoms with E-state index in [1.807, 2.05) is 0 Å². The Labute approximate surface area is 77.0 Å². The predicted octanol–water partition coefficient (Wildman–Crippen LogP) is 0.104. The highest BCUT2D eigenvalue weighted by atomic mass is 16.2. The Morgan fingerprint density at radius 3 is 2.15 bits per heavy atom. The molecule has 2 N–H and O–H groups in total. The molecule has 4 nitrogen and oxygen atoms in total. The van der Waals surface area contributed by atoms with Gasteiger partial charge < -0.3 is 10.6 Å². The van der Waals surface area contributed by atoms with E-state index in [2.05, 4.69) is 30.4 Å². The van der Waals surface area contributed by atoms with Gasteiger partial charge in [-0.1, -0.05) is 19.7 Å². The van der Waals surface area contributed by atoms with E-state index in [0.717, 1.165) is 6.08 Å². The lowest BCUT2D eigenvalue weighted by Crippen LogP contribution is -2.28. The van der Waals surface area contributed by atoms with Crippen molar-refractivity contribution in [1.29, 1.82) is 0 Å². The summed E-state index contributed by atoms with van der Waals surface area (Å²) in [5, 5.41) is 4.80. The van der Waals surface area contributed by atoms with E-state index in [4.69, 9.17) is 0 Å². The molecule has 0 saturated carbocycles. The first-order chi connectivity index (χ1) is 6.02. The van der Waals surface area contributed by atoms with Crippen molar-refractivity contribution in [2.75, 3.05) is 7.05 Å². The van der Waals surface area contributed by atoms with Crippen LogP contribution < -0.4 is 10.6 Å². The second-order valence-electron chi connectivity index (χ2n) is 2.23. The van der Waals surface area contributed by atoms with Crippen molar-refractivity contribution >= 4 is 11.7 Å². The van der Waals surface area contributed by atoms with Crippen molar-refractivity contribution in [3.8, 4) is 0 Å². The van der Waals surface area contributed by atoms with Gasteiger partial charge in [0.15, 0.2) is 0 Å². The smallest absolute Gasteiger partial charge is 0.247 e. The van der Waals surface area contributed by atoms with Crippen LogP contribution in [0.25, 0.3) is 0 Å². The number of hydrogen-bond acceptors (Lipinski definition) is 3. The first-order valence-electron chi connectivity index (χ1n) is 3.56. The van der Waals surface area contributed by atoms with Crippen LogP contribution >= 0.6 is 0 Å². The van der Waals surface area contributed by atoms with Gasteiger partial charge in [0, 0.05) is 7.05 Å². The topological polar surface area (TPSA) is 58.2 Å². The van der Waals surface area contributed by atoms with Gasteiger partial charge >= 0.3 is 0 Å². The first-order valence-corrected chi connectivity index (χ1v) is 3.56. The Morgan fingerprint density at radius 1 is 1.23 bits per heavy atom. The normalized spacial score (nSPS) is 8.38. The summed E-state index contributed by atoms with van der Waals surface area (Å²) < 4.78 is 0. The molecule has 4 heteroatoms. The lowest BCUT2D eigenvalue weighted by atomic mass is 10.2. The van der Waals surface area contributed by atoms with Crippen LogP contribution in [0.2, 0.25) is 0 Å². The maximum Gasteiger partial charge on any atom is 0.247 e. The number of rotatable bonds is 5. The molecule has 0 unspecified atom stereocenters. The molecule has 70 valence electrons. The lowest BCUT2D eigenvalue weighted by Gasteiger charge is -2.06. The minimum atomic E-state index is -0.470. The van der Waals surface area contributed by atoms with Crippen LogP contribution in [0.4, 0.5) is 0 Å². The second kappa shape index (κ2) is 4.92. The lowest BCUT2D eigenvalue weighted by molar-refractivity contribution is -0.118. The van der Waals surface area contributed by atoms with E-state index in [1.54, 1.807) is 7.05 Å². The Balaban J connectivity index is 4.28. The Morgan fingerprint density at radius 2 is 1.77 bits per heavy atom. The highest BCUT2D eigenvalue weighted by Crippen LogP contribution is 1.95. The van der Waals surface area contributed by atoms with E-state index in [0.29, 0.717) is 0 Å². The summed E-state index contributed by atoms with van der Waals surface area (Å²) in [6.45, 7) is 10.0. The Hall–Kier alpha value is -1.84. The zero-order chi connectivity index (χ0) is 10.4. The van der Waals surface area contributed by atoms with Gasteiger partial charge in [-0.2, -0.15) is 0 Å². The SMILES string of the molecule is C=CC(=O)NC(=C)C(=O)C(=C)NC. The van der Waals surface area contributed by atoms with Gasteiger partial charge in [0.2, 0.25) is 11.7 Å². The van der Waals surface area contributed by atoms with Crippen LogP contribution in [0, 0.1) is 0 Å². The zero-order valence-corrected chi connectivity index (χ0v) is 7.52. The number of nitrogens with one attached hydrogen (secondary N) is 2. The van der Waals surface area contributed by atoms with Crippen LogP contribution in [0.1, 0.15) is 0 Å². The van der Waals surface area contributed by atoms with E-state index in [1.165, 1.54) is 0 Å². The number of carbonyl (C=O) groups excluding carboxylic acids is 2. The molecule has 0 aliphatic rings. The number of likely N-dealkylation sites (N-methyl/N-ethyl adjacent to an activating group) is 1. The average Bonchev–Trinajstić information content (AvgIpc) is 2.14. The average molecular weight is 180 g/mol. The molecule has 1 amide bonds. The molecule has 0 heterocycles. The summed E-state index contributed by atoms with van der Waals surface area (Å²) in [7, 11) is 1.56. The molecule has 0 rings (SSSR count). The number of amides is 1. The van der Waals surface area contributed by atoms with E-state index in [-0.39, 0.29) is 11.4 Å². The zero-order valence-electron chi connectivity index (χ0n) is 7.52.